The van der Waals surface area contributed by atoms with Crippen LogP contribution in [0.3, 0.4) is 0 Å². The highest BCUT2D eigenvalue weighted by atomic mass is 35.5. The SMILES string of the molecule is CCC(C)N(Cc1ccccc1)C(=O)c1ccc(Cl)nc1. The lowest BCUT2D eigenvalue weighted by Gasteiger charge is -2.28. The molecule has 0 radical (unpaired) electrons. The van der Waals surface area contributed by atoms with Gasteiger partial charge in [-0.3, -0.25) is 4.79 Å². The summed E-state index contributed by atoms with van der Waals surface area (Å²) in [5.41, 5.74) is 1.68. The van der Waals surface area contributed by atoms with E-state index in [1.807, 2.05) is 35.2 Å². The number of rotatable bonds is 5. The van der Waals surface area contributed by atoms with Gasteiger partial charge in [-0.15, -0.1) is 0 Å². The van der Waals surface area contributed by atoms with Crippen molar-refractivity contribution < 1.29 is 4.79 Å². The first-order valence-corrected chi connectivity index (χ1v) is 7.46. The van der Waals surface area contributed by atoms with Crippen LogP contribution in [-0.4, -0.2) is 21.8 Å². The lowest BCUT2D eigenvalue weighted by molar-refractivity contribution is 0.0671. The van der Waals surface area contributed by atoms with Crippen LogP contribution in [-0.2, 0) is 6.54 Å². The van der Waals surface area contributed by atoms with Crippen LogP contribution in [0.15, 0.2) is 48.7 Å². The smallest absolute Gasteiger partial charge is 0.255 e. The van der Waals surface area contributed by atoms with Gasteiger partial charge >= 0.3 is 0 Å². The van der Waals surface area contributed by atoms with E-state index in [1.165, 1.54) is 6.20 Å². The number of carbonyl (C=O) groups is 1. The van der Waals surface area contributed by atoms with Gasteiger partial charge in [-0.1, -0.05) is 48.9 Å². The lowest BCUT2D eigenvalue weighted by atomic mass is 10.1. The average Bonchev–Trinajstić information content (AvgIpc) is 2.53. The largest absolute Gasteiger partial charge is 0.332 e. The summed E-state index contributed by atoms with van der Waals surface area (Å²) in [6.07, 6.45) is 2.44. The Labute approximate surface area is 130 Å². The highest BCUT2D eigenvalue weighted by Gasteiger charge is 2.21. The minimum absolute atomic E-state index is 0.0163. The van der Waals surface area contributed by atoms with Crippen molar-refractivity contribution in [2.45, 2.75) is 32.9 Å². The predicted molar refractivity (Wildman–Crippen MR) is 85.3 cm³/mol. The molecule has 0 aliphatic heterocycles. The molecule has 0 aliphatic carbocycles. The number of halogens is 1. The summed E-state index contributed by atoms with van der Waals surface area (Å²) >= 11 is 5.78. The van der Waals surface area contributed by atoms with Crippen LogP contribution in [0.1, 0.15) is 36.2 Å². The number of benzene rings is 1. The summed E-state index contributed by atoms with van der Waals surface area (Å²) in [5, 5.41) is 0.393. The van der Waals surface area contributed by atoms with E-state index in [-0.39, 0.29) is 11.9 Å². The third-order valence-electron chi connectivity index (χ3n) is 3.55. The predicted octanol–water partition coefficient (Wildman–Crippen LogP) is 4.18. The maximum Gasteiger partial charge on any atom is 0.255 e. The molecule has 1 aromatic heterocycles. The Hall–Kier alpha value is -1.87. The zero-order valence-electron chi connectivity index (χ0n) is 12.3. The number of nitrogens with zero attached hydrogens (tertiary/aromatic N) is 2. The summed E-state index contributed by atoms with van der Waals surface area (Å²) in [6, 6.07) is 13.5. The van der Waals surface area contributed by atoms with Crippen molar-refractivity contribution in [2.75, 3.05) is 0 Å². The maximum atomic E-state index is 12.7. The van der Waals surface area contributed by atoms with Gasteiger partial charge in [0.1, 0.15) is 5.15 Å². The van der Waals surface area contributed by atoms with Crippen LogP contribution in [0.5, 0.6) is 0 Å². The molecule has 1 unspecified atom stereocenters. The average molecular weight is 303 g/mol. The Kier molecular flexibility index (Phi) is 5.34. The van der Waals surface area contributed by atoms with Gasteiger partial charge in [0.05, 0.1) is 5.56 Å². The molecule has 1 amide bonds. The molecule has 1 atom stereocenters. The summed E-state index contributed by atoms with van der Waals surface area (Å²) in [4.78, 5) is 18.6. The summed E-state index contributed by atoms with van der Waals surface area (Å²) in [6.45, 7) is 4.73. The van der Waals surface area contributed by atoms with Gasteiger partial charge in [-0.25, -0.2) is 4.98 Å². The Bertz CT molecular complexity index is 583. The van der Waals surface area contributed by atoms with E-state index in [4.69, 9.17) is 11.6 Å². The molecule has 4 heteroatoms. The van der Waals surface area contributed by atoms with Crippen molar-refractivity contribution >= 4 is 17.5 Å². The van der Waals surface area contributed by atoms with E-state index >= 15 is 0 Å². The van der Waals surface area contributed by atoms with Gasteiger partial charge < -0.3 is 4.90 Å². The van der Waals surface area contributed by atoms with Crippen molar-refractivity contribution in [1.29, 1.82) is 0 Å². The van der Waals surface area contributed by atoms with Crippen LogP contribution in [0.25, 0.3) is 0 Å². The molecular weight excluding hydrogens is 284 g/mol. The summed E-state index contributed by atoms with van der Waals surface area (Å²) in [7, 11) is 0. The van der Waals surface area contributed by atoms with E-state index in [0.29, 0.717) is 17.3 Å². The lowest BCUT2D eigenvalue weighted by Crippen LogP contribution is -2.37. The van der Waals surface area contributed by atoms with Crippen LogP contribution in [0.4, 0.5) is 0 Å². The monoisotopic (exact) mass is 302 g/mol. The Morgan fingerprint density at radius 2 is 1.95 bits per heavy atom. The Balaban J connectivity index is 2.23. The Morgan fingerprint density at radius 1 is 1.24 bits per heavy atom. The van der Waals surface area contributed by atoms with E-state index in [9.17, 15) is 4.79 Å². The van der Waals surface area contributed by atoms with Crippen LogP contribution >= 0.6 is 11.6 Å². The van der Waals surface area contributed by atoms with Crippen molar-refractivity contribution in [3.05, 3.63) is 64.9 Å². The standard InChI is InChI=1S/C17H19ClN2O/c1-3-13(2)20(12-14-7-5-4-6-8-14)17(21)15-9-10-16(18)19-11-15/h4-11,13H,3,12H2,1-2H3. The van der Waals surface area contributed by atoms with Gasteiger partial charge in [-0.2, -0.15) is 0 Å². The second-order valence-electron chi connectivity index (χ2n) is 5.05. The fourth-order valence-electron chi connectivity index (χ4n) is 2.10. The maximum absolute atomic E-state index is 12.7. The van der Waals surface area contributed by atoms with E-state index in [0.717, 1.165) is 12.0 Å². The first-order chi connectivity index (χ1) is 10.1. The van der Waals surface area contributed by atoms with Crippen molar-refractivity contribution in [3.8, 4) is 0 Å². The fraction of sp³-hybridized carbons (Fsp3) is 0.294. The molecule has 0 bridgehead atoms. The number of pyridine rings is 1. The van der Waals surface area contributed by atoms with Crippen LogP contribution in [0.2, 0.25) is 5.15 Å². The molecule has 0 saturated heterocycles. The second kappa shape index (κ2) is 7.23. The van der Waals surface area contributed by atoms with E-state index < -0.39 is 0 Å². The summed E-state index contributed by atoms with van der Waals surface area (Å²) < 4.78 is 0. The molecule has 21 heavy (non-hydrogen) atoms. The molecule has 110 valence electrons. The highest BCUT2D eigenvalue weighted by Crippen LogP contribution is 2.16. The normalized spacial score (nSPS) is 12.0. The van der Waals surface area contributed by atoms with E-state index in [2.05, 4.69) is 18.8 Å². The van der Waals surface area contributed by atoms with Gasteiger partial charge in [0, 0.05) is 18.8 Å². The fourth-order valence-corrected chi connectivity index (χ4v) is 2.21. The van der Waals surface area contributed by atoms with Gasteiger partial charge in [0.15, 0.2) is 0 Å². The minimum atomic E-state index is -0.0163. The van der Waals surface area contributed by atoms with Crippen LogP contribution < -0.4 is 0 Å². The van der Waals surface area contributed by atoms with Crippen molar-refractivity contribution in [2.24, 2.45) is 0 Å². The third kappa shape index (κ3) is 4.05. The molecule has 0 N–H and O–H groups in total. The molecule has 2 aromatic rings. The van der Waals surface area contributed by atoms with Crippen LogP contribution in [0, 0.1) is 0 Å². The second-order valence-corrected chi connectivity index (χ2v) is 5.43. The summed E-state index contributed by atoms with van der Waals surface area (Å²) in [5.74, 6) is -0.0163. The molecule has 2 rings (SSSR count). The molecule has 1 aromatic carbocycles. The zero-order valence-corrected chi connectivity index (χ0v) is 13.0. The van der Waals surface area contributed by atoms with Gasteiger partial charge in [-0.05, 0) is 31.0 Å². The molecule has 0 aliphatic rings. The van der Waals surface area contributed by atoms with Gasteiger partial charge in [0.2, 0.25) is 0 Å². The van der Waals surface area contributed by atoms with Crippen molar-refractivity contribution in [3.63, 3.8) is 0 Å². The molecule has 0 fully saturated rings. The third-order valence-corrected chi connectivity index (χ3v) is 3.78. The molecule has 0 saturated carbocycles. The molecule has 1 heterocycles. The van der Waals surface area contributed by atoms with Gasteiger partial charge in [0.25, 0.3) is 5.91 Å². The van der Waals surface area contributed by atoms with E-state index in [1.54, 1.807) is 12.1 Å². The minimum Gasteiger partial charge on any atom is -0.332 e. The quantitative estimate of drug-likeness (QED) is 0.776. The highest BCUT2D eigenvalue weighted by molar-refractivity contribution is 6.29. The number of hydrogen-bond donors (Lipinski definition) is 0. The molecule has 0 spiro atoms. The number of hydrogen-bond acceptors (Lipinski definition) is 2. The topological polar surface area (TPSA) is 33.2 Å². The number of amides is 1. The molecule has 3 nitrogen and oxygen atoms in total. The zero-order chi connectivity index (χ0) is 15.2. The Morgan fingerprint density at radius 3 is 2.52 bits per heavy atom. The number of carbonyl (C=O) groups excluding carboxylic acids is 1. The number of aromatic nitrogens is 1. The van der Waals surface area contributed by atoms with Crippen molar-refractivity contribution in [1.82, 2.24) is 9.88 Å². The first-order valence-electron chi connectivity index (χ1n) is 7.08. The molecular formula is C17H19ClN2O. The first kappa shape index (κ1) is 15.5.